The monoisotopic (exact) mass is 293 g/mol. The third-order valence-corrected chi connectivity index (χ3v) is 4.11. The van der Waals surface area contributed by atoms with Crippen molar-refractivity contribution in [3.05, 3.63) is 44.1 Å². The molecule has 1 atom stereocenters. The molecule has 0 saturated carbocycles. The fraction of sp³-hybridized carbons (Fsp3) is 0.429. The summed E-state index contributed by atoms with van der Waals surface area (Å²) < 4.78 is 1.31. The second-order valence-corrected chi connectivity index (χ2v) is 5.53. The van der Waals surface area contributed by atoms with E-state index in [2.05, 4.69) is 10.3 Å². The van der Waals surface area contributed by atoms with Crippen molar-refractivity contribution in [1.82, 2.24) is 14.9 Å². The number of halogens is 1. The van der Waals surface area contributed by atoms with Crippen molar-refractivity contribution >= 4 is 22.5 Å². The van der Waals surface area contributed by atoms with Crippen LogP contribution in [0.15, 0.2) is 27.8 Å². The molecule has 5 nitrogen and oxygen atoms in total. The first-order valence-electron chi connectivity index (χ1n) is 6.82. The van der Waals surface area contributed by atoms with E-state index < -0.39 is 0 Å². The number of H-pyrrole nitrogens is 1. The number of nitrogens with one attached hydrogen (secondary N) is 2. The molecular formula is C14H16ClN3O2. The molecule has 2 N–H and O–H groups in total. The average Bonchev–Trinajstić information content (AvgIpc) is 2.67. The molecule has 6 heteroatoms. The van der Waals surface area contributed by atoms with Crippen LogP contribution in [0.1, 0.15) is 25.3 Å². The maximum atomic E-state index is 12.6. The van der Waals surface area contributed by atoms with Crippen molar-refractivity contribution in [2.75, 3.05) is 13.1 Å². The summed E-state index contributed by atoms with van der Waals surface area (Å²) in [7, 11) is 0. The largest absolute Gasteiger partial charge is 0.329 e. The molecule has 3 rings (SSSR count). The summed E-state index contributed by atoms with van der Waals surface area (Å²) in [6, 6.07) is 4.96. The minimum atomic E-state index is -0.363. The second kappa shape index (κ2) is 5.42. The van der Waals surface area contributed by atoms with Crippen molar-refractivity contribution < 1.29 is 0 Å². The quantitative estimate of drug-likeness (QED) is 0.840. The van der Waals surface area contributed by atoms with E-state index in [0.29, 0.717) is 22.5 Å². The number of fused-ring (bicyclic) bond motifs is 1. The number of rotatable bonds is 1. The van der Waals surface area contributed by atoms with E-state index in [0.717, 1.165) is 25.8 Å². The first-order chi connectivity index (χ1) is 9.68. The van der Waals surface area contributed by atoms with Gasteiger partial charge in [-0.25, -0.2) is 4.79 Å². The highest BCUT2D eigenvalue weighted by Crippen LogP contribution is 2.19. The van der Waals surface area contributed by atoms with Crippen LogP contribution in [0.4, 0.5) is 0 Å². The molecule has 1 aromatic heterocycles. The Balaban J connectivity index is 2.22. The SMILES string of the molecule is O=c1[nH]c2cccc(Cl)c2c(=O)n1C1CCCCNC1. The van der Waals surface area contributed by atoms with Crippen LogP contribution in [0.5, 0.6) is 0 Å². The summed E-state index contributed by atoms with van der Waals surface area (Å²) >= 11 is 6.11. The van der Waals surface area contributed by atoms with E-state index in [1.54, 1.807) is 18.2 Å². The smallest absolute Gasteiger partial charge is 0.315 e. The maximum absolute atomic E-state index is 12.6. The summed E-state index contributed by atoms with van der Waals surface area (Å²) in [5.41, 5.74) is -0.174. The Bertz CT molecular complexity index is 742. The van der Waals surface area contributed by atoms with Crippen LogP contribution in [-0.4, -0.2) is 22.6 Å². The van der Waals surface area contributed by atoms with Gasteiger partial charge in [-0.05, 0) is 31.5 Å². The second-order valence-electron chi connectivity index (χ2n) is 5.12. The molecule has 1 aliphatic heterocycles. The fourth-order valence-corrected chi connectivity index (χ4v) is 3.04. The van der Waals surface area contributed by atoms with Gasteiger partial charge < -0.3 is 10.3 Å². The van der Waals surface area contributed by atoms with Crippen molar-refractivity contribution in [3.63, 3.8) is 0 Å². The summed E-state index contributed by atoms with van der Waals surface area (Å²) in [5, 5.41) is 4.03. The van der Waals surface area contributed by atoms with Crippen molar-refractivity contribution in [2.24, 2.45) is 0 Å². The van der Waals surface area contributed by atoms with E-state index in [1.807, 2.05) is 0 Å². The molecule has 1 aromatic carbocycles. The van der Waals surface area contributed by atoms with Gasteiger partial charge in [-0.15, -0.1) is 0 Å². The molecule has 1 unspecified atom stereocenters. The van der Waals surface area contributed by atoms with Crippen molar-refractivity contribution in [2.45, 2.75) is 25.3 Å². The van der Waals surface area contributed by atoms with E-state index in [9.17, 15) is 9.59 Å². The zero-order chi connectivity index (χ0) is 14.1. The molecule has 2 aromatic rings. The third-order valence-electron chi connectivity index (χ3n) is 3.79. The summed E-state index contributed by atoms with van der Waals surface area (Å²) in [6.07, 6.45) is 2.90. The number of hydrogen-bond donors (Lipinski definition) is 2. The predicted molar refractivity (Wildman–Crippen MR) is 79.6 cm³/mol. The molecule has 0 spiro atoms. The number of nitrogens with zero attached hydrogens (tertiary/aromatic N) is 1. The first kappa shape index (κ1) is 13.4. The van der Waals surface area contributed by atoms with E-state index in [1.165, 1.54) is 4.57 Å². The Morgan fingerprint density at radius 1 is 1.25 bits per heavy atom. The Hall–Kier alpha value is -1.59. The summed E-state index contributed by atoms with van der Waals surface area (Å²) in [4.78, 5) is 27.6. The van der Waals surface area contributed by atoms with Gasteiger partial charge >= 0.3 is 5.69 Å². The molecule has 1 fully saturated rings. The average molecular weight is 294 g/mol. The molecule has 0 amide bonds. The van der Waals surface area contributed by atoms with Crippen LogP contribution in [0.25, 0.3) is 10.9 Å². The lowest BCUT2D eigenvalue weighted by Gasteiger charge is -2.17. The summed E-state index contributed by atoms with van der Waals surface area (Å²) in [5.74, 6) is 0. The minimum absolute atomic E-state index is 0.116. The minimum Gasteiger partial charge on any atom is -0.315 e. The zero-order valence-corrected chi connectivity index (χ0v) is 11.7. The molecule has 0 aliphatic carbocycles. The maximum Gasteiger partial charge on any atom is 0.329 e. The van der Waals surface area contributed by atoms with Gasteiger partial charge in [0.05, 0.1) is 22.0 Å². The van der Waals surface area contributed by atoms with Crippen LogP contribution in [0.2, 0.25) is 5.02 Å². The number of benzene rings is 1. The van der Waals surface area contributed by atoms with Gasteiger partial charge in [0.25, 0.3) is 5.56 Å². The van der Waals surface area contributed by atoms with Gasteiger partial charge in [-0.2, -0.15) is 0 Å². The van der Waals surface area contributed by atoms with Gasteiger partial charge in [0.15, 0.2) is 0 Å². The first-order valence-corrected chi connectivity index (χ1v) is 7.20. The third kappa shape index (κ3) is 2.27. The van der Waals surface area contributed by atoms with E-state index in [4.69, 9.17) is 11.6 Å². The molecule has 20 heavy (non-hydrogen) atoms. The molecule has 2 heterocycles. The number of aromatic amines is 1. The van der Waals surface area contributed by atoms with Crippen LogP contribution < -0.4 is 16.6 Å². The fourth-order valence-electron chi connectivity index (χ4n) is 2.79. The van der Waals surface area contributed by atoms with Gasteiger partial charge in [0.2, 0.25) is 0 Å². The lowest BCUT2D eigenvalue weighted by atomic mass is 10.1. The molecule has 0 radical (unpaired) electrons. The highest BCUT2D eigenvalue weighted by Gasteiger charge is 2.19. The molecule has 0 bridgehead atoms. The number of aromatic nitrogens is 2. The Labute approximate surface area is 120 Å². The Kier molecular flexibility index (Phi) is 3.63. The lowest BCUT2D eigenvalue weighted by molar-refractivity contribution is 0.435. The molecule has 1 aliphatic rings. The van der Waals surface area contributed by atoms with Crippen LogP contribution in [-0.2, 0) is 0 Å². The Morgan fingerprint density at radius 2 is 2.10 bits per heavy atom. The summed E-state index contributed by atoms with van der Waals surface area (Å²) in [6.45, 7) is 1.57. The predicted octanol–water partition coefficient (Wildman–Crippen LogP) is 1.66. The lowest BCUT2D eigenvalue weighted by Crippen LogP contribution is -2.41. The highest BCUT2D eigenvalue weighted by molar-refractivity contribution is 6.35. The highest BCUT2D eigenvalue weighted by atomic mass is 35.5. The molecular weight excluding hydrogens is 278 g/mol. The number of hydrogen-bond acceptors (Lipinski definition) is 3. The van der Waals surface area contributed by atoms with Crippen LogP contribution in [0, 0.1) is 0 Å². The zero-order valence-electron chi connectivity index (χ0n) is 11.0. The normalized spacial score (nSPS) is 19.9. The van der Waals surface area contributed by atoms with Crippen molar-refractivity contribution in [1.29, 1.82) is 0 Å². The standard InChI is InChI=1S/C14H16ClN3O2/c15-10-5-3-6-11-12(10)13(19)18(14(20)17-11)9-4-1-2-7-16-8-9/h3,5-6,9,16H,1-2,4,7-8H2,(H,17,20). The van der Waals surface area contributed by atoms with Crippen molar-refractivity contribution in [3.8, 4) is 0 Å². The van der Waals surface area contributed by atoms with Gasteiger partial charge in [-0.1, -0.05) is 24.1 Å². The van der Waals surface area contributed by atoms with Crippen LogP contribution in [0.3, 0.4) is 0 Å². The Morgan fingerprint density at radius 3 is 2.95 bits per heavy atom. The van der Waals surface area contributed by atoms with Crippen LogP contribution >= 0.6 is 11.6 Å². The topological polar surface area (TPSA) is 66.9 Å². The van der Waals surface area contributed by atoms with Gasteiger partial charge in [-0.3, -0.25) is 9.36 Å². The van der Waals surface area contributed by atoms with Gasteiger partial charge in [0, 0.05) is 6.54 Å². The molecule has 106 valence electrons. The molecule has 1 saturated heterocycles. The van der Waals surface area contributed by atoms with Gasteiger partial charge in [0.1, 0.15) is 0 Å². The van der Waals surface area contributed by atoms with E-state index >= 15 is 0 Å². The van der Waals surface area contributed by atoms with E-state index in [-0.39, 0.29) is 17.3 Å².